The Bertz CT molecular complexity index is 1070. The van der Waals surface area contributed by atoms with Crippen molar-refractivity contribution in [1.29, 1.82) is 0 Å². The highest BCUT2D eigenvalue weighted by Crippen LogP contribution is 2.19. The Morgan fingerprint density at radius 2 is 1.92 bits per heavy atom. The normalized spacial score (nSPS) is 10.8. The number of hydrogen-bond acceptors (Lipinski definition) is 5. The number of rotatable bonds is 5. The molecule has 0 aliphatic heterocycles. The molecule has 4 rings (SSSR count). The molecule has 0 radical (unpaired) electrons. The summed E-state index contributed by atoms with van der Waals surface area (Å²) in [5.41, 5.74) is 1.40. The van der Waals surface area contributed by atoms with Gasteiger partial charge in [-0.25, -0.2) is 4.39 Å². The maximum absolute atomic E-state index is 13.2. The molecule has 0 bridgehead atoms. The van der Waals surface area contributed by atoms with Gasteiger partial charge in [-0.1, -0.05) is 23.7 Å². The minimum absolute atomic E-state index is 0.109. The van der Waals surface area contributed by atoms with Gasteiger partial charge < -0.3 is 10.1 Å². The van der Waals surface area contributed by atoms with Crippen molar-refractivity contribution in [3.8, 4) is 5.75 Å². The standard InChI is InChI=1S/C18H13ClFN5O/c19-12-3-1-5-14(9-12)21-16-7-8-17-22-23-18(25(17)24-16)11-26-15-6-2-4-13(20)10-15/h1-10H,11H2,(H,21,24). The number of halogens is 2. The predicted molar refractivity (Wildman–Crippen MR) is 96.2 cm³/mol. The Morgan fingerprint density at radius 1 is 1.04 bits per heavy atom. The maximum atomic E-state index is 13.2. The number of nitrogens with one attached hydrogen (secondary N) is 1. The lowest BCUT2D eigenvalue weighted by molar-refractivity contribution is 0.291. The Hall–Kier alpha value is -3.19. The summed E-state index contributed by atoms with van der Waals surface area (Å²) in [6.07, 6.45) is 0. The van der Waals surface area contributed by atoms with E-state index in [1.165, 1.54) is 12.1 Å². The molecular formula is C18H13ClFN5O. The van der Waals surface area contributed by atoms with Crippen molar-refractivity contribution >= 4 is 28.8 Å². The topological polar surface area (TPSA) is 64.3 Å². The summed E-state index contributed by atoms with van der Waals surface area (Å²) in [5, 5.41) is 16.4. The van der Waals surface area contributed by atoms with Crippen LogP contribution in [0.4, 0.5) is 15.9 Å². The highest BCUT2D eigenvalue weighted by Gasteiger charge is 2.09. The van der Waals surface area contributed by atoms with Crippen molar-refractivity contribution < 1.29 is 9.13 Å². The maximum Gasteiger partial charge on any atom is 0.192 e. The third kappa shape index (κ3) is 3.57. The average molecular weight is 370 g/mol. The molecule has 2 heterocycles. The average Bonchev–Trinajstić information content (AvgIpc) is 3.02. The van der Waals surface area contributed by atoms with Gasteiger partial charge in [-0.2, -0.15) is 4.52 Å². The molecule has 0 aliphatic carbocycles. The number of benzene rings is 2. The largest absolute Gasteiger partial charge is 0.485 e. The summed E-state index contributed by atoms with van der Waals surface area (Å²) in [4.78, 5) is 0. The first kappa shape index (κ1) is 16.3. The van der Waals surface area contributed by atoms with Crippen molar-refractivity contribution in [2.24, 2.45) is 0 Å². The molecule has 6 nitrogen and oxygen atoms in total. The van der Waals surface area contributed by atoms with Crippen LogP contribution in [0.5, 0.6) is 5.75 Å². The minimum Gasteiger partial charge on any atom is -0.485 e. The van der Waals surface area contributed by atoms with E-state index in [0.717, 1.165) is 5.69 Å². The molecule has 26 heavy (non-hydrogen) atoms. The molecule has 0 saturated carbocycles. The highest BCUT2D eigenvalue weighted by molar-refractivity contribution is 6.30. The van der Waals surface area contributed by atoms with E-state index in [1.54, 1.807) is 40.9 Å². The molecule has 0 saturated heterocycles. The van der Waals surface area contributed by atoms with Gasteiger partial charge in [0.05, 0.1) is 0 Å². The first-order valence-corrected chi connectivity index (χ1v) is 8.17. The Labute approximate surface area is 153 Å². The second-order valence-electron chi connectivity index (χ2n) is 5.49. The van der Waals surface area contributed by atoms with Gasteiger partial charge in [0.2, 0.25) is 0 Å². The predicted octanol–water partition coefficient (Wildman–Crippen LogP) is 4.24. The van der Waals surface area contributed by atoms with Gasteiger partial charge in [-0.3, -0.25) is 0 Å². The van der Waals surface area contributed by atoms with Gasteiger partial charge in [0.15, 0.2) is 17.3 Å². The SMILES string of the molecule is Fc1cccc(OCc2nnc3ccc(Nc4cccc(Cl)c4)nn23)c1. The van der Waals surface area contributed by atoms with E-state index >= 15 is 0 Å². The molecule has 0 fully saturated rings. The van der Waals surface area contributed by atoms with E-state index in [4.69, 9.17) is 16.3 Å². The molecule has 2 aromatic heterocycles. The number of ether oxygens (including phenoxy) is 1. The second-order valence-corrected chi connectivity index (χ2v) is 5.92. The first-order chi connectivity index (χ1) is 12.7. The van der Waals surface area contributed by atoms with Crippen LogP contribution in [0.3, 0.4) is 0 Å². The fourth-order valence-electron chi connectivity index (χ4n) is 2.41. The lowest BCUT2D eigenvalue weighted by atomic mass is 10.3. The Kier molecular flexibility index (Phi) is 4.37. The van der Waals surface area contributed by atoms with Crippen LogP contribution in [0.25, 0.3) is 5.65 Å². The summed E-state index contributed by atoms with van der Waals surface area (Å²) in [5.74, 6) is 1.15. The van der Waals surface area contributed by atoms with Gasteiger partial charge in [0.1, 0.15) is 18.2 Å². The second kappa shape index (κ2) is 6.97. The lowest BCUT2D eigenvalue weighted by Gasteiger charge is -2.07. The Morgan fingerprint density at radius 3 is 2.77 bits per heavy atom. The summed E-state index contributed by atoms with van der Waals surface area (Å²) >= 11 is 6.00. The van der Waals surface area contributed by atoms with Crippen molar-refractivity contribution in [3.05, 3.63) is 77.3 Å². The van der Waals surface area contributed by atoms with E-state index < -0.39 is 0 Å². The number of aromatic nitrogens is 4. The van der Waals surface area contributed by atoms with Gasteiger partial charge in [-0.15, -0.1) is 15.3 Å². The number of nitrogens with zero attached hydrogens (tertiary/aromatic N) is 4. The molecule has 2 aromatic carbocycles. The van der Waals surface area contributed by atoms with Crippen LogP contribution in [0, 0.1) is 5.82 Å². The zero-order valence-electron chi connectivity index (χ0n) is 13.4. The van der Waals surface area contributed by atoms with E-state index in [9.17, 15) is 4.39 Å². The molecule has 0 unspecified atom stereocenters. The summed E-state index contributed by atoms with van der Waals surface area (Å²) < 4.78 is 20.4. The van der Waals surface area contributed by atoms with E-state index in [2.05, 4.69) is 20.6 Å². The first-order valence-electron chi connectivity index (χ1n) is 7.80. The molecular weight excluding hydrogens is 357 g/mol. The number of hydrogen-bond donors (Lipinski definition) is 1. The van der Waals surface area contributed by atoms with Crippen LogP contribution >= 0.6 is 11.6 Å². The van der Waals surface area contributed by atoms with Crippen molar-refractivity contribution in [3.63, 3.8) is 0 Å². The zero-order valence-corrected chi connectivity index (χ0v) is 14.2. The van der Waals surface area contributed by atoms with Gasteiger partial charge in [0, 0.05) is 16.8 Å². The van der Waals surface area contributed by atoms with Crippen molar-refractivity contribution in [2.45, 2.75) is 6.61 Å². The monoisotopic (exact) mass is 369 g/mol. The fourth-order valence-corrected chi connectivity index (χ4v) is 2.60. The molecule has 8 heteroatoms. The molecule has 0 spiro atoms. The quantitative estimate of drug-likeness (QED) is 0.570. The summed E-state index contributed by atoms with van der Waals surface area (Å²) in [6.45, 7) is 0.109. The number of fused-ring (bicyclic) bond motifs is 1. The van der Waals surface area contributed by atoms with Gasteiger partial charge in [0.25, 0.3) is 0 Å². The summed E-state index contributed by atoms with van der Waals surface area (Å²) in [6, 6.07) is 16.8. The number of anilines is 2. The van der Waals surface area contributed by atoms with Crippen LogP contribution in [-0.4, -0.2) is 19.8 Å². The smallest absolute Gasteiger partial charge is 0.192 e. The molecule has 4 aromatic rings. The molecule has 0 atom stereocenters. The zero-order chi connectivity index (χ0) is 17.9. The highest BCUT2D eigenvalue weighted by atomic mass is 35.5. The molecule has 130 valence electrons. The van der Waals surface area contributed by atoms with Crippen LogP contribution in [0.2, 0.25) is 5.02 Å². The van der Waals surface area contributed by atoms with Crippen LogP contribution < -0.4 is 10.1 Å². The third-order valence-corrected chi connectivity index (χ3v) is 3.82. The lowest BCUT2D eigenvalue weighted by Crippen LogP contribution is -2.05. The Balaban J connectivity index is 1.56. The van der Waals surface area contributed by atoms with E-state index in [1.807, 2.05) is 12.1 Å². The van der Waals surface area contributed by atoms with Crippen molar-refractivity contribution in [2.75, 3.05) is 5.32 Å². The third-order valence-electron chi connectivity index (χ3n) is 3.59. The van der Waals surface area contributed by atoms with Crippen molar-refractivity contribution in [1.82, 2.24) is 19.8 Å². The van der Waals surface area contributed by atoms with Crippen LogP contribution in [0.1, 0.15) is 5.82 Å². The van der Waals surface area contributed by atoms with Gasteiger partial charge in [-0.05, 0) is 42.5 Å². The summed E-state index contributed by atoms with van der Waals surface area (Å²) in [7, 11) is 0. The minimum atomic E-state index is -0.361. The van der Waals surface area contributed by atoms with E-state index in [0.29, 0.717) is 28.1 Å². The van der Waals surface area contributed by atoms with Gasteiger partial charge >= 0.3 is 0 Å². The molecule has 0 aliphatic rings. The van der Waals surface area contributed by atoms with Crippen LogP contribution in [0.15, 0.2) is 60.7 Å². The molecule has 0 amide bonds. The molecule has 1 N–H and O–H groups in total. The van der Waals surface area contributed by atoms with Crippen LogP contribution in [-0.2, 0) is 6.61 Å². The van der Waals surface area contributed by atoms with E-state index in [-0.39, 0.29) is 12.4 Å². The fraction of sp³-hybridized carbons (Fsp3) is 0.0556.